The van der Waals surface area contributed by atoms with Crippen LogP contribution in [0.1, 0.15) is 48.1 Å². The molecular formula is C22H23N3O2S. The van der Waals surface area contributed by atoms with E-state index in [1.54, 1.807) is 29.5 Å². The number of carbonyl (C=O) groups excluding carboxylic acids is 2. The lowest BCUT2D eigenvalue weighted by atomic mass is 10.1. The Bertz CT molecular complexity index is 996. The molecule has 4 rings (SSSR count). The van der Waals surface area contributed by atoms with Crippen LogP contribution in [0.25, 0.3) is 10.2 Å². The number of Topliss-reactive ketones (excluding diaryl/α,β-unsaturated/α-hetero) is 1. The van der Waals surface area contributed by atoms with Crippen molar-refractivity contribution < 1.29 is 9.59 Å². The molecule has 2 aromatic carbocycles. The topological polar surface area (TPSA) is 62.3 Å². The number of carbonyl (C=O) groups is 2. The maximum atomic E-state index is 12.9. The summed E-state index contributed by atoms with van der Waals surface area (Å²) in [5.41, 5.74) is 2.12. The van der Waals surface area contributed by atoms with Gasteiger partial charge in [-0.2, -0.15) is 0 Å². The summed E-state index contributed by atoms with van der Waals surface area (Å²) < 4.78 is 1.18. The Morgan fingerprint density at radius 3 is 2.71 bits per heavy atom. The Balaban J connectivity index is 1.54. The second-order valence-corrected chi connectivity index (χ2v) is 8.24. The highest BCUT2D eigenvalue weighted by Gasteiger charge is 2.35. The van der Waals surface area contributed by atoms with Crippen LogP contribution in [0.15, 0.2) is 48.5 Å². The van der Waals surface area contributed by atoms with Crippen LogP contribution in [-0.2, 0) is 4.79 Å². The summed E-state index contributed by atoms with van der Waals surface area (Å²) in [5.74, 6) is -0.154. The van der Waals surface area contributed by atoms with Crippen molar-refractivity contribution in [2.45, 2.75) is 38.8 Å². The molecule has 144 valence electrons. The van der Waals surface area contributed by atoms with E-state index in [1.165, 1.54) is 11.6 Å². The predicted octanol–water partition coefficient (Wildman–Crippen LogP) is 4.66. The molecule has 0 bridgehead atoms. The molecule has 1 saturated heterocycles. The first-order valence-electron chi connectivity index (χ1n) is 9.56. The van der Waals surface area contributed by atoms with Gasteiger partial charge in [0, 0.05) is 5.56 Å². The minimum Gasteiger partial charge on any atom is -0.324 e. The van der Waals surface area contributed by atoms with E-state index in [0.29, 0.717) is 11.3 Å². The lowest BCUT2D eigenvalue weighted by molar-refractivity contribution is -0.121. The Labute approximate surface area is 168 Å². The summed E-state index contributed by atoms with van der Waals surface area (Å²) in [6, 6.07) is 15.1. The van der Waals surface area contributed by atoms with Crippen molar-refractivity contribution in [3.63, 3.8) is 0 Å². The number of nitrogens with one attached hydrogen (secondary N) is 1. The summed E-state index contributed by atoms with van der Waals surface area (Å²) in [6.07, 6.45) is 2.05. The summed E-state index contributed by atoms with van der Waals surface area (Å²) in [7, 11) is 0. The zero-order valence-corrected chi connectivity index (χ0v) is 16.8. The minimum atomic E-state index is -0.306. The molecule has 6 heteroatoms. The van der Waals surface area contributed by atoms with E-state index >= 15 is 0 Å². The second kappa shape index (κ2) is 7.81. The number of para-hydroxylation sites is 2. The highest BCUT2D eigenvalue weighted by Crippen LogP contribution is 2.37. The number of hydrogen-bond donors (Lipinski definition) is 1. The molecule has 0 radical (unpaired) electrons. The maximum Gasteiger partial charge on any atom is 0.241 e. The van der Waals surface area contributed by atoms with E-state index in [9.17, 15) is 9.59 Å². The quantitative estimate of drug-likeness (QED) is 0.640. The van der Waals surface area contributed by atoms with E-state index in [0.717, 1.165) is 29.9 Å². The van der Waals surface area contributed by atoms with Crippen molar-refractivity contribution in [1.29, 1.82) is 0 Å². The van der Waals surface area contributed by atoms with Crippen molar-refractivity contribution in [2.24, 2.45) is 0 Å². The molecule has 1 fully saturated rings. The van der Waals surface area contributed by atoms with E-state index in [1.807, 2.05) is 31.2 Å². The third-order valence-electron chi connectivity index (χ3n) is 5.33. The summed E-state index contributed by atoms with van der Waals surface area (Å²) >= 11 is 1.71. The van der Waals surface area contributed by atoms with Crippen LogP contribution in [0.5, 0.6) is 0 Å². The zero-order chi connectivity index (χ0) is 19.7. The molecule has 0 saturated carbocycles. The van der Waals surface area contributed by atoms with Gasteiger partial charge in [0.15, 0.2) is 5.78 Å². The van der Waals surface area contributed by atoms with Crippen LogP contribution in [0.3, 0.4) is 0 Å². The maximum absolute atomic E-state index is 12.9. The van der Waals surface area contributed by atoms with Gasteiger partial charge in [-0.05, 0) is 57.5 Å². The fourth-order valence-corrected chi connectivity index (χ4v) is 4.96. The molecule has 2 heterocycles. The van der Waals surface area contributed by atoms with E-state index in [2.05, 4.69) is 16.3 Å². The summed E-state index contributed by atoms with van der Waals surface area (Å²) in [4.78, 5) is 31.8. The number of benzene rings is 2. The van der Waals surface area contributed by atoms with E-state index in [4.69, 9.17) is 4.98 Å². The monoisotopic (exact) mass is 393 g/mol. The van der Waals surface area contributed by atoms with Crippen LogP contribution in [0.4, 0.5) is 5.69 Å². The van der Waals surface area contributed by atoms with E-state index in [-0.39, 0.29) is 23.8 Å². The molecule has 1 amide bonds. The number of nitrogens with zero attached hydrogens (tertiary/aromatic N) is 2. The smallest absolute Gasteiger partial charge is 0.241 e. The number of likely N-dealkylation sites (tertiary alicyclic amines) is 1. The number of aromatic nitrogens is 1. The third kappa shape index (κ3) is 3.57. The Hall–Kier alpha value is -2.57. The molecule has 3 aromatic rings. The number of rotatable bonds is 5. The lowest BCUT2D eigenvalue weighted by Crippen LogP contribution is -2.41. The zero-order valence-electron chi connectivity index (χ0n) is 16.0. The van der Waals surface area contributed by atoms with Gasteiger partial charge in [-0.25, -0.2) is 4.98 Å². The number of amides is 1. The fraction of sp³-hybridized carbons (Fsp3) is 0.318. The van der Waals surface area contributed by atoms with Crippen molar-refractivity contribution in [2.75, 3.05) is 11.9 Å². The van der Waals surface area contributed by atoms with Crippen molar-refractivity contribution >= 4 is 38.9 Å². The number of ketones is 1. The van der Waals surface area contributed by atoms with Gasteiger partial charge in [0.2, 0.25) is 5.91 Å². The fourth-order valence-electron chi connectivity index (χ4n) is 3.84. The minimum absolute atomic E-state index is 0.0583. The molecule has 0 spiro atoms. The van der Waals surface area contributed by atoms with Gasteiger partial charge in [0.25, 0.3) is 0 Å². The summed E-state index contributed by atoms with van der Waals surface area (Å²) in [6.45, 7) is 4.30. The highest BCUT2D eigenvalue weighted by molar-refractivity contribution is 7.18. The summed E-state index contributed by atoms with van der Waals surface area (Å²) in [5, 5.41) is 4.02. The molecule has 1 aromatic heterocycles. The number of thiazole rings is 1. The van der Waals surface area contributed by atoms with Crippen molar-refractivity contribution in [3.05, 3.63) is 59.1 Å². The second-order valence-electron chi connectivity index (χ2n) is 7.18. The van der Waals surface area contributed by atoms with Crippen LogP contribution >= 0.6 is 11.3 Å². The van der Waals surface area contributed by atoms with Gasteiger partial charge in [-0.3, -0.25) is 14.5 Å². The van der Waals surface area contributed by atoms with Crippen LogP contribution in [0.2, 0.25) is 0 Å². The molecule has 28 heavy (non-hydrogen) atoms. The molecule has 5 nitrogen and oxygen atoms in total. The number of fused-ring (bicyclic) bond motifs is 1. The third-order valence-corrected chi connectivity index (χ3v) is 6.47. The first-order chi connectivity index (χ1) is 13.5. The Kier molecular flexibility index (Phi) is 5.24. The normalized spacial score (nSPS) is 18.3. The first-order valence-corrected chi connectivity index (χ1v) is 10.4. The molecule has 2 unspecified atom stereocenters. The molecule has 0 aliphatic carbocycles. The average molecular weight is 394 g/mol. The molecule has 1 aliphatic heterocycles. The average Bonchev–Trinajstić information content (AvgIpc) is 3.34. The molecular weight excluding hydrogens is 370 g/mol. The van der Waals surface area contributed by atoms with Gasteiger partial charge < -0.3 is 5.32 Å². The lowest BCUT2D eigenvalue weighted by Gasteiger charge is -2.28. The van der Waals surface area contributed by atoms with Gasteiger partial charge in [-0.15, -0.1) is 11.3 Å². The van der Waals surface area contributed by atoms with Crippen LogP contribution in [0, 0.1) is 0 Å². The van der Waals surface area contributed by atoms with Gasteiger partial charge in [0.05, 0.1) is 28.0 Å². The van der Waals surface area contributed by atoms with Gasteiger partial charge in [0.1, 0.15) is 5.01 Å². The molecule has 1 aliphatic rings. The Morgan fingerprint density at radius 1 is 1.18 bits per heavy atom. The van der Waals surface area contributed by atoms with E-state index < -0.39 is 0 Å². The SMILES string of the molecule is CC(=O)c1ccccc1NC(=O)C(C)N1CCCC1c1nc2ccccc2s1. The highest BCUT2D eigenvalue weighted by atomic mass is 32.1. The number of anilines is 1. The van der Waals surface area contributed by atoms with Crippen molar-refractivity contribution in [3.8, 4) is 0 Å². The number of hydrogen-bond acceptors (Lipinski definition) is 5. The standard InChI is InChI=1S/C22H23N3O2S/c1-14(21(27)23-17-9-4-3-8-16(17)15(2)26)25-13-7-11-19(25)22-24-18-10-5-6-12-20(18)28-22/h3-6,8-10,12,14,19H,7,11,13H2,1-2H3,(H,23,27). The van der Waals surface area contributed by atoms with Crippen molar-refractivity contribution in [1.82, 2.24) is 9.88 Å². The van der Waals surface area contributed by atoms with Gasteiger partial charge >= 0.3 is 0 Å². The Morgan fingerprint density at radius 2 is 1.93 bits per heavy atom. The molecule has 1 N–H and O–H groups in total. The van der Waals surface area contributed by atoms with Crippen LogP contribution in [-0.4, -0.2) is 34.2 Å². The predicted molar refractivity (Wildman–Crippen MR) is 113 cm³/mol. The van der Waals surface area contributed by atoms with Crippen LogP contribution < -0.4 is 5.32 Å². The van der Waals surface area contributed by atoms with Gasteiger partial charge in [-0.1, -0.05) is 24.3 Å². The first kappa shape index (κ1) is 18.8. The largest absolute Gasteiger partial charge is 0.324 e. The molecule has 2 atom stereocenters.